The SMILES string of the molecule is CCCCCN1CC(C(=O)NCc2ccccc2)CC1=O. The van der Waals surface area contributed by atoms with Gasteiger partial charge in [0.1, 0.15) is 0 Å². The maximum absolute atomic E-state index is 12.1. The van der Waals surface area contributed by atoms with Crippen LogP contribution in [0.15, 0.2) is 30.3 Å². The monoisotopic (exact) mass is 288 g/mol. The summed E-state index contributed by atoms with van der Waals surface area (Å²) in [6, 6.07) is 9.83. The first kappa shape index (κ1) is 15.5. The van der Waals surface area contributed by atoms with E-state index in [0.29, 0.717) is 19.5 Å². The van der Waals surface area contributed by atoms with Gasteiger partial charge in [0.15, 0.2) is 0 Å². The molecule has 4 heteroatoms. The van der Waals surface area contributed by atoms with E-state index in [9.17, 15) is 9.59 Å². The number of nitrogens with zero attached hydrogens (tertiary/aromatic N) is 1. The van der Waals surface area contributed by atoms with Crippen LogP contribution in [0.2, 0.25) is 0 Å². The van der Waals surface area contributed by atoms with Crippen LogP contribution in [0.1, 0.15) is 38.2 Å². The Labute approximate surface area is 126 Å². The van der Waals surface area contributed by atoms with Crippen molar-refractivity contribution in [1.82, 2.24) is 10.2 Å². The largest absolute Gasteiger partial charge is 0.352 e. The predicted molar refractivity (Wildman–Crippen MR) is 82.5 cm³/mol. The third-order valence-electron chi connectivity index (χ3n) is 3.93. The van der Waals surface area contributed by atoms with Crippen molar-refractivity contribution in [1.29, 1.82) is 0 Å². The zero-order valence-corrected chi connectivity index (χ0v) is 12.7. The van der Waals surface area contributed by atoms with Gasteiger partial charge in [0.05, 0.1) is 5.92 Å². The van der Waals surface area contributed by atoms with Crippen molar-refractivity contribution in [2.24, 2.45) is 5.92 Å². The van der Waals surface area contributed by atoms with Crippen LogP contribution in [-0.4, -0.2) is 29.8 Å². The standard InChI is InChI=1S/C17H24N2O2/c1-2-3-7-10-19-13-15(11-16(19)20)17(21)18-12-14-8-5-4-6-9-14/h4-6,8-9,15H,2-3,7,10-13H2,1H3,(H,18,21). The molecule has 1 aliphatic heterocycles. The second-order valence-corrected chi connectivity index (χ2v) is 5.65. The lowest BCUT2D eigenvalue weighted by atomic mass is 10.1. The van der Waals surface area contributed by atoms with Gasteiger partial charge in [-0.3, -0.25) is 9.59 Å². The van der Waals surface area contributed by atoms with Gasteiger partial charge in [-0.25, -0.2) is 0 Å². The number of hydrogen-bond donors (Lipinski definition) is 1. The molecule has 0 bridgehead atoms. The third kappa shape index (κ3) is 4.59. The number of carbonyl (C=O) groups excluding carboxylic acids is 2. The number of hydrogen-bond acceptors (Lipinski definition) is 2. The van der Waals surface area contributed by atoms with Crippen LogP contribution in [0, 0.1) is 5.92 Å². The normalized spacial score (nSPS) is 18.0. The Bertz CT molecular complexity index is 473. The van der Waals surface area contributed by atoms with Crippen LogP contribution < -0.4 is 5.32 Å². The van der Waals surface area contributed by atoms with Gasteiger partial charge in [-0.05, 0) is 12.0 Å². The Hall–Kier alpha value is -1.84. The molecular formula is C17H24N2O2. The van der Waals surface area contributed by atoms with E-state index in [4.69, 9.17) is 0 Å². The first-order valence-electron chi connectivity index (χ1n) is 7.80. The molecule has 21 heavy (non-hydrogen) atoms. The summed E-state index contributed by atoms with van der Waals surface area (Å²) in [5.41, 5.74) is 1.08. The van der Waals surface area contributed by atoms with Crippen LogP contribution in [0.5, 0.6) is 0 Å². The van der Waals surface area contributed by atoms with Crippen LogP contribution >= 0.6 is 0 Å². The molecule has 1 aromatic rings. The highest BCUT2D eigenvalue weighted by Gasteiger charge is 2.33. The maximum atomic E-state index is 12.1. The molecule has 1 fully saturated rings. The van der Waals surface area contributed by atoms with Crippen LogP contribution in [0.3, 0.4) is 0 Å². The second-order valence-electron chi connectivity index (χ2n) is 5.65. The van der Waals surface area contributed by atoms with Crippen LogP contribution in [0.25, 0.3) is 0 Å². The number of likely N-dealkylation sites (tertiary alicyclic amines) is 1. The molecule has 2 amide bonds. The first-order chi connectivity index (χ1) is 10.2. The van der Waals surface area contributed by atoms with Crippen LogP contribution in [0.4, 0.5) is 0 Å². The Kier molecular flexibility index (Phi) is 5.78. The van der Waals surface area contributed by atoms with Gasteiger partial charge in [0.25, 0.3) is 0 Å². The van der Waals surface area contributed by atoms with Crippen molar-refractivity contribution in [3.05, 3.63) is 35.9 Å². The van der Waals surface area contributed by atoms with Gasteiger partial charge in [0.2, 0.25) is 11.8 Å². The Morgan fingerprint density at radius 3 is 2.76 bits per heavy atom. The van der Waals surface area contributed by atoms with Crippen molar-refractivity contribution in [3.63, 3.8) is 0 Å². The van der Waals surface area contributed by atoms with Gasteiger partial charge in [-0.1, -0.05) is 50.1 Å². The summed E-state index contributed by atoms with van der Waals surface area (Å²) < 4.78 is 0. The van der Waals surface area contributed by atoms with E-state index in [-0.39, 0.29) is 17.7 Å². The molecule has 0 spiro atoms. The molecule has 0 saturated carbocycles. The van der Waals surface area contributed by atoms with Crippen LogP contribution in [-0.2, 0) is 16.1 Å². The molecule has 1 aromatic carbocycles. The van der Waals surface area contributed by atoms with E-state index in [1.165, 1.54) is 0 Å². The molecule has 1 unspecified atom stereocenters. The third-order valence-corrected chi connectivity index (χ3v) is 3.93. The minimum atomic E-state index is -0.192. The van der Waals surface area contributed by atoms with E-state index >= 15 is 0 Å². The summed E-state index contributed by atoms with van der Waals surface area (Å²) in [5, 5.41) is 2.93. The minimum absolute atomic E-state index is 0.00908. The topological polar surface area (TPSA) is 49.4 Å². The van der Waals surface area contributed by atoms with Gasteiger partial charge in [-0.15, -0.1) is 0 Å². The summed E-state index contributed by atoms with van der Waals surface area (Å²) in [5.74, 6) is -0.0843. The molecule has 1 N–H and O–H groups in total. The molecular weight excluding hydrogens is 264 g/mol. The first-order valence-corrected chi connectivity index (χ1v) is 7.80. The molecule has 114 valence electrons. The lowest BCUT2D eigenvalue weighted by Crippen LogP contribution is -2.32. The highest BCUT2D eigenvalue weighted by atomic mass is 16.2. The minimum Gasteiger partial charge on any atom is -0.352 e. The number of amides is 2. The number of carbonyl (C=O) groups is 2. The summed E-state index contributed by atoms with van der Waals surface area (Å²) in [7, 11) is 0. The van der Waals surface area contributed by atoms with Gasteiger partial charge in [0, 0.05) is 26.1 Å². The molecule has 1 atom stereocenters. The summed E-state index contributed by atoms with van der Waals surface area (Å²) in [6.45, 7) is 4.03. The summed E-state index contributed by atoms with van der Waals surface area (Å²) in [4.78, 5) is 25.9. The van der Waals surface area contributed by atoms with E-state index < -0.39 is 0 Å². The van der Waals surface area contributed by atoms with E-state index in [1.54, 1.807) is 0 Å². The Morgan fingerprint density at radius 1 is 1.29 bits per heavy atom. The fraction of sp³-hybridized carbons (Fsp3) is 0.529. The molecule has 0 aromatic heterocycles. The van der Waals surface area contributed by atoms with Crippen molar-refractivity contribution in [3.8, 4) is 0 Å². The van der Waals surface area contributed by atoms with Crippen molar-refractivity contribution in [2.75, 3.05) is 13.1 Å². The van der Waals surface area contributed by atoms with Crippen molar-refractivity contribution in [2.45, 2.75) is 39.2 Å². The van der Waals surface area contributed by atoms with E-state index in [0.717, 1.165) is 31.4 Å². The zero-order chi connectivity index (χ0) is 15.1. The van der Waals surface area contributed by atoms with E-state index in [2.05, 4.69) is 12.2 Å². The molecule has 1 aliphatic rings. The molecule has 1 saturated heterocycles. The molecule has 1 heterocycles. The molecule has 4 nitrogen and oxygen atoms in total. The molecule has 2 rings (SSSR count). The average Bonchev–Trinajstić information content (AvgIpc) is 2.87. The lowest BCUT2D eigenvalue weighted by molar-refractivity contribution is -0.129. The fourth-order valence-corrected chi connectivity index (χ4v) is 2.65. The van der Waals surface area contributed by atoms with Gasteiger partial charge in [-0.2, -0.15) is 0 Å². The highest BCUT2D eigenvalue weighted by molar-refractivity contribution is 5.89. The highest BCUT2D eigenvalue weighted by Crippen LogP contribution is 2.18. The average molecular weight is 288 g/mol. The number of unbranched alkanes of at least 4 members (excludes halogenated alkanes) is 2. The lowest BCUT2D eigenvalue weighted by Gasteiger charge is -2.16. The Balaban J connectivity index is 1.77. The molecule has 0 aliphatic carbocycles. The number of benzene rings is 1. The number of rotatable bonds is 7. The Morgan fingerprint density at radius 2 is 2.05 bits per heavy atom. The van der Waals surface area contributed by atoms with Gasteiger partial charge < -0.3 is 10.2 Å². The summed E-state index contributed by atoms with van der Waals surface area (Å²) in [6.07, 6.45) is 3.66. The predicted octanol–water partition coefficient (Wildman–Crippen LogP) is 2.34. The second kappa shape index (κ2) is 7.81. The summed E-state index contributed by atoms with van der Waals surface area (Å²) >= 11 is 0. The fourth-order valence-electron chi connectivity index (χ4n) is 2.65. The zero-order valence-electron chi connectivity index (χ0n) is 12.7. The number of nitrogens with one attached hydrogen (secondary N) is 1. The van der Waals surface area contributed by atoms with Gasteiger partial charge >= 0.3 is 0 Å². The van der Waals surface area contributed by atoms with E-state index in [1.807, 2.05) is 35.2 Å². The molecule has 0 radical (unpaired) electrons. The van der Waals surface area contributed by atoms with Crippen molar-refractivity contribution < 1.29 is 9.59 Å². The quantitative estimate of drug-likeness (QED) is 0.783. The van der Waals surface area contributed by atoms with Crippen molar-refractivity contribution >= 4 is 11.8 Å². The smallest absolute Gasteiger partial charge is 0.225 e. The maximum Gasteiger partial charge on any atom is 0.225 e.